The lowest BCUT2D eigenvalue weighted by Gasteiger charge is -2.36. The van der Waals surface area contributed by atoms with Crippen molar-refractivity contribution >= 4 is 11.9 Å². The Hall–Kier alpha value is -1.06. The van der Waals surface area contributed by atoms with Crippen molar-refractivity contribution < 1.29 is 19.1 Å². The summed E-state index contributed by atoms with van der Waals surface area (Å²) in [6.07, 6.45) is 2.95. The van der Waals surface area contributed by atoms with Gasteiger partial charge in [-0.2, -0.15) is 0 Å². The maximum absolute atomic E-state index is 12.5. The summed E-state index contributed by atoms with van der Waals surface area (Å²) in [5, 5.41) is 0. The van der Waals surface area contributed by atoms with Gasteiger partial charge in [-0.3, -0.25) is 9.59 Å². The van der Waals surface area contributed by atoms with Gasteiger partial charge in [0, 0.05) is 12.3 Å². The molecule has 2 fully saturated rings. The Bertz CT molecular complexity index is 440. The van der Waals surface area contributed by atoms with E-state index in [-0.39, 0.29) is 35.5 Å². The predicted octanol–water partition coefficient (Wildman–Crippen LogP) is 3.58. The quantitative estimate of drug-likeness (QED) is 0.745. The molecule has 0 bridgehead atoms. The molecule has 2 saturated carbocycles. The number of carbonyl (C=O) groups excluding carboxylic acids is 2. The summed E-state index contributed by atoms with van der Waals surface area (Å²) in [5.41, 5.74) is -0.309. The fourth-order valence-corrected chi connectivity index (χ4v) is 3.89. The molecule has 0 N–H and O–H groups in total. The fraction of sp³-hybridized carbons (Fsp3) is 0.889. The Labute approximate surface area is 133 Å². The van der Waals surface area contributed by atoms with Crippen molar-refractivity contribution in [2.24, 2.45) is 29.1 Å². The molecule has 5 unspecified atom stereocenters. The van der Waals surface area contributed by atoms with Gasteiger partial charge < -0.3 is 9.47 Å². The lowest BCUT2D eigenvalue weighted by atomic mass is 9.75. The van der Waals surface area contributed by atoms with Crippen LogP contribution in [0.3, 0.4) is 0 Å². The van der Waals surface area contributed by atoms with Crippen molar-refractivity contribution in [3.8, 4) is 0 Å². The molecule has 126 valence electrons. The van der Waals surface area contributed by atoms with Crippen LogP contribution in [-0.4, -0.2) is 24.1 Å². The van der Waals surface area contributed by atoms with Crippen LogP contribution < -0.4 is 0 Å². The van der Waals surface area contributed by atoms with E-state index in [0.29, 0.717) is 17.8 Å². The number of esters is 2. The van der Waals surface area contributed by atoms with E-state index in [2.05, 4.69) is 20.8 Å². The summed E-state index contributed by atoms with van der Waals surface area (Å²) >= 11 is 0. The third-order valence-electron chi connectivity index (χ3n) is 5.50. The van der Waals surface area contributed by atoms with Gasteiger partial charge >= 0.3 is 11.9 Å². The number of ether oxygens (including phenoxy) is 2. The first kappa shape index (κ1) is 17.3. The minimum absolute atomic E-state index is 0.00521. The van der Waals surface area contributed by atoms with Gasteiger partial charge in [0.25, 0.3) is 0 Å². The van der Waals surface area contributed by atoms with Crippen LogP contribution in [0.4, 0.5) is 0 Å². The van der Waals surface area contributed by atoms with Crippen LogP contribution >= 0.6 is 0 Å². The van der Waals surface area contributed by atoms with Crippen molar-refractivity contribution in [3.63, 3.8) is 0 Å². The van der Waals surface area contributed by atoms with Crippen LogP contribution in [0.1, 0.15) is 60.8 Å². The van der Waals surface area contributed by atoms with Crippen LogP contribution in [0.15, 0.2) is 0 Å². The molecule has 4 nitrogen and oxygen atoms in total. The summed E-state index contributed by atoms with van der Waals surface area (Å²) in [7, 11) is 0. The number of hydrogen-bond acceptors (Lipinski definition) is 4. The fourth-order valence-electron chi connectivity index (χ4n) is 3.89. The second-order valence-electron chi connectivity index (χ2n) is 8.13. The normalized spacial score (nSPS) is 36.8. The minimum atomic E-state index is -0.337. The van der Waals surface area contributed by atoms with Gasteiger partial charge in [-0.25, -0.2) is 0 Å². The first-order chi connectivity index (χ1) is 10.1. The van der Waals surface area contributed by atoms with Gasteiger partial charge in [-0.05, 0) is 30.6 Å². The minimum Gasteiger partial charge on any atom is -0.462 e. The second kappa shape index (κ2) is 6.21. The van der Waals surface area contributed by atoms with E-state index >= 15 is 0 Å². The van der Waals surface area contributed by atoms with E-state index in [1.54, 1.807) is 0 Å². The number of carbonyl (C=O) groups is 2. The SMILES string of the molecule is CC(=O)OC1C(C(=O)OC2CC(C)CCC2C(C)C)C1(C)C. The molecule has 0 amide bonds. The zero-order chi connectivity index (χ0) is 16.7. The summed E-state index contributed by atoms with van der Waals surface area (Å²) in [6.45, 7) is 11.9. The van der Waals surface area contributed by atoms with Crippen LogP contribution in [0.25, 0.3) is 0 Å². The molecule has 22 heavy (non-hydrogen) atoms. The Morgan fingerprint density at radius 2 is 1.77 bits per heavy atom. The molecule has 2 rings (SSSR count). The molecule has 0 heterocycles. The molecule has 0 aromatic carbocycles. The van der Waals surface area contributed by atoms with E-state index in [0.717, 1.165) is 12.8 Å². The van der Waals surface area contributed by atoms with Gasteiger partial charge in [0.1, 0.15) is 18.1 Å². The highest BCUT2D eigenvalue weighted by atomic mass is 16.6. The Morgan fingerprint density at radius 3 is 2.32 bits per heavy atom. The summed E-state index contributed by atoms with van der Waals surface area (Å²) in [5.74, 6) is 0.711. The summed E-state index contributed by atoms with van der Waals surface area (Å²) in [6, 6.07) is 0. The van der Waals surface area contributed by atoms with Crippen molar-refractivity contribution in [1.29, 1.82) is 0 Å². The van der Waals surface area contributed by atoms with E-state index < -0.39 is 0 Å². The topological polar surface area (TPSA) is 52.6 Å². The molecular formula is C18H30O4. The van der Waals surface area contributed by atoms with Gasteiger partial charge in [0.2, 0.25) is 0 Å². The maximum Gasteiger partial charge on any atom is 0.313 e. The summed E-state index contributed by atoms with van der Waals surface area (Å²) in [4.78, 5) is 23.7. The Balaban J connectivity index is 2.00. The van der Waals surface area contributed by atoms with Gasteiger partial charge in [-0.15, -0.1) is 0 Å². The first-order valence-electron chi connectivity index (χ1n) is 8.52. The molecule has 0 spiro atoms. The van der Waals surface area contributed by atoms with Crippen LogP contribution in [0.5, 0.6) is 0 Å². The highest BCUT2D eigenvalue weighted by molar-refractivity contribution is 5.79. The monoisotopic (exact) mass is 310 g/mol. The third kappa shape index (κ3) is 3.47. The molecule has 0 aromatic rings. The van der Waals surface area contributed by atoms with Gasteiger partial charge in [0.05, 0.1) is 0 Å². The van der Waals surface area contributed by atoms with Gasteiger partial charge in [-0.1, -0.05) is 41.0 Å². The average Bonchev–Trinajstić information content (AvgIpc) is 2.89. The van der Waals surface area contributed by atoms with Crippen LogP contribution in [-0.2, 0) is 19.1 Å². The Morgan fingerprint density at radius 1 is 1.14 bits per heavy atom. The lowest BCUT2D eigenvalue weighted by Crippen LogP contribution is -2.36. The van der Waals surface area contributed by atoms with E-state index in [1.807, 2.05) is 13.8 Å². The molecule has 0 aliphatic heterocycles. The molecule has 2 aliphatic carbocycles. The predicted molar refractivity (Wildman–Crippen MR) is 84.0 cm³/mol. The maximum atomic E-state index is 12.5. The molecule has 0 saturated heterocycles. The molecule has 5 atom stereocenters. The second-order valence-corrected chi connectivity index (χ2v) is 8.13. The van der Waals surface area contributed by atoms with Crippen LogP contribution in [0.2, 0.25) is 0 Å². The first-order valence-corrected chi connectivity index (χ1v) is 8.52. The number of hydrogen-bond donors (Lipinski definition) is 0. The van der Waals surface area contributed by atoms with Crippen molar-refractivity contribution in [2.45, 2.75) is 73.0 Å². The molecule has 4 heteroatoms. The zero-order valence-electron chi connectivity index (χ0n) is 14.7. The largest absolute Gasteiger partial charge is 0.462 e. The zero-order valence-corrected chi connectivity index (χ0v) is 14.7. The van der Waals surface area contributed by atoms with Crippen LogP contribution in [0, 0.1) is 29.1 Å². The van der Waals surface area contributed by atoms with Gasteiger partial charge in [0.15, 0.2) is 0 Å². The van der Waals surface area contributed by atoms with Crippen molar-refractivity contribution in [1.82, 2.24) is 0 Å². The highest BCUT2D eigenvalue weighted by Crippen LogP contribution is 2.55. The van der Waals surface area contributed by atoms with E-state index in [9.17, 15) is 9.59 Å². The third-order valence-corrected chi connectivity index (χ3v) is 5.50. The summed E-state index contributed by atoms with van der Waals surface area (Å²) < 4.78 is 11.1. The highest BCUT2D eigenvalue weighted by Gasteiger charge is 2.66. The Kier molecular flexibility index (Phi) is 4.88. The van der Waals surface area contributed by atoms with Crippen molar-refractivity contribution in [3.05, 3.63) is 0 Å². The average molecular weight is 310 g/mol. The lowest BCUT2D eigenvalue weighted by molar-refractivity contribution is -0.159. The van der Waals surface area contributed by atoms with E-state index in [4.69, 9.17) is 9.47 Å². The molecule has 0 radical (unpaired) electrons. The standard InChI is InChI=1S/C18H30O4/c1-10(2)13-8-7-11(3)9-14(13)22-17(20)15-16(18(15,5)6)21-12(4)19/h10-11,13-16H,7-9H2,1-6H3. The molecule has 0 aromatic heterocycles. The van der Waals surface area contributed by atoms with E-state index in [1.165, 1.54) is 13.3 Å². The van der Waals surface area contributed by atoms with Crippen molar-refractivity contribution in [2.75, 3.05) is 0 Å². The smallest absolute Gasteiger partial charge is 0.313 e. The molecule has 2 aliphatic rings. The number of rotatable bonds is 4. The molecular weight excluding hydrogens is 280 g/mol.